The molecule has 2 unspecified atom stereocenters. The highest BCUT2D eigenvalue weighted by atomic mass is 16.8. The molecule has 3 aliphatic rings. The summed E-state index contributed by atoms with van der Waals surface area (Å²) in [5.74, 6) is -2.76. The van der Waals surface area contributed by atoms with E-state index in [1.807, 2.05) is 0 Å². The Morgan fingerprint density at radius 1 is 1.09 bits per heavy atom. The lowest BCUT2D eigenvalue weighted by Crippen LogP contribution is -2.77. The molecular weight excluding hydrogens is 308 g/mol. The Bertz CT molecular complexity index is 478. The van der Waals surface area contributed by atoms with Crippen molar-refractivity contribution in [2.75, 3.05) is 14.1 Å². The van der Waals surface area contributed by atoms with Crippen LogP contribution in [-0.2, 0) is 19.0 Å². The molecule has 5 N–H and O–H groups in total. The van der Waals surface area contributed by atoms with Crippen molar-refractivity contribution < 1.29 is 34.3 Å². The second-order valence-corrected chi connectivity index (χ2v) is 6.40. The number of hydrogen-bond donors (Lipinski definition) is 5. The van der Waals surface area contributed by atoms with Gasteiger partial charge in [-0.25, -0.2) is 0 Å². The summed E-state index contributed by atoms with van der Waals surface area (Å²) in [6, 6.07) is -1.29. The summed E-state index contributed by atoms with van der Waals surface area (Å²) < 4.78 is 16.8. The highest BCUT2D eigenvalue weighted by molar-refractivity contribution is 5.87. The van der Waals surface area contributed by atoms with Crippen LogP contribution in [0.3, 0.4) is 0 Å². The maximum absolute atomic E-state index is 12.2. The van der Waals surface area contributed by atoms with Crippen LogP contribution in [0.1, 0.15) is 13.3 Å². The fraction of sp³-hybridized carbons (Fsp3) is 0.929. The average Bonchev–Trinajstić information content (AvgIpc) is 2.49. The first-order valence-corrected chi connectivity index (χ1v) is 7.78. The molecule has 0 amide bonds. The van der Waals surface area contributed by atoms with E-state index in [-0.39, 0.29) is 6.42 Å². The van der Waals surface area contributed by atoms with Crippen molar-refractivity contribution in [3.63, 3.8) is 0 Å². The van der Waals surface area contributed by atoms with Gasteiger partial charge < -0.3 is 40.2 Å². The van der Waals surface area contributed by atoms with Crippen molar-refractivity contribution in [2.24, 2.45) is 0 Å². The van der Waals surface area contributed by atoms with E-state index in [4.69, 9.17) is 14.2 Å². The zero-order chi connectivity index (χ0) is 16.9. The van der Waals surface area contributed by atoms with Gasteiger partial charge in [0.15, 0.2) is 5.78 Å². The van der Waals surface area contributed by atoms with E-state index in [9.17, 15) is 20.1 Å². The van der Waals surface area contributed by atoms with Gasteiger partial charge >= 0.3 is 0 Å². The summed E-state index contributed by atoms with van der Waals surface area (Å²) in [5.41, 5.74) is 0. The lowest BCUT2D eigenvalue weighted by molar-refractivity contribution is -0.420. The lowest BCUT2D eigenvalue weighted by Gasteiger charge is -2.55. The van der Waals surface area contributed by atoms with Crippen molar-refractivity contribution >= 4 is 5.78 Å². The molecule has 0 spiro atoms. The van der Waals surface area contributed by atoms with E-state index in [2.05, 4.69) is 10.6 Å². The number of ether oxygens (including phenoxy) is 3. The lowest BCUT2D eigenvalue weighted by atomic mass is 9.80. The van der Waals surface area contributed by atoms with Crippen molar-refractivity contribution in [3.05, 3.63) is 0 Å². The molecule has 3 rings (SSSR count). The number of likely N-dealkylation sites (N-methyl/N-ethyl adjacent to an activating group) is 2. The molecule has 9 heteroatoms. The average molecular weight is 332 g/mol. The van der Waals surface area contributed by atoms with Crippen molar-refractivity contribution in [2.45, 2.75) is 68.0 Å². The zero-order valence-corrected chi connectivity index (χ0v) is 13.3. The van der Waals surface area contributed by atoms with Gasteiger partial charge in [0.2, 0.25) is 6.29 Å². The maximum Gasteiger partial charge on any atom is 0.280 e. The standard InChI is InChI=1S/C14H24N2O7/c1-5-4-6(17)14(20)13(21-5)22-12-10(19)7(15-2)9(18)8(16-3)11(12)23-14/h5,7-13,15-16,18-20H,4H2,1-3H3/t5-,7+,8+,9-,10+,11?,12?,13+,14+/m1/s1. The second kappa shape index (κ2) is 6.01. The topological polar surface area (TPSA) is 130 Å². The van der Waals surface area contributed by atoms with Crippen molar-refractivity contribution in [1.82, 2.24) is 10.6 Å². The Hall–Kier alpha value is -0.650. The van der Waals surface area contributed by atoms with E-state index >= 15 is 0 Å². The number of hydrogen-bond acceptors (Lipinski definition) is 9. The second-order valence-electron chi connectivity index (χ2n) is 6.40. The summed E-state index contributed by atoms with van der Waals surface area (Å²) in [7, 11) is 3.24. The number of aliphatic hydroxyl groups is 3. The molecule has 0 aromatic heterocycles. The Labute approximate surface area is 133 Å². The fourth-order valence-electron chi connectivity index (χ4n) is 3.68. The summed E-state index contributed by atoms with van der Waals surface area (Å²) >= 11 is 0. The SMILES string of the molecule is CN[C@H]1[C@@H](O)[C@H](NC)C2O[C@@]3(O)C(=O)C[C@@H](C)O[C@H]3OC2[C@H]1O. The van der Waals surface area contributed by atoms with E-state index in [1.54, 1.807) is 21.0 Å². The molecular formula is C14H24N2O7. The molecule has 9 nitrogen and oxygen atoms in total. The summed E-state index contributed by atoms with van der Waals surface area (Å²) in [6.07, 6.45) is -5.58. The Morgan fingerprint density at radius 3 is 2.35 bits per heavy atom. The van der Waals surface area contributed by atoms with E-state index < -0.39 is 60.5 Å². The van der Waals surface area contributed by atoms with E-state index in [1.165, 1.54) is 0 Å². The number of aliphatic hydroxyl groups excluding tert-OH is 2. The van der Waals surface area contributed by atoms with Crippen LogP contribution >= 0.6 is 0 Å². The minimum Gasteiger partial charge on any atom is -0.390 e. The number of carbonyl (C=O) groups is 1. The predicted octanol–water partition coefficient (Wildman–Crippen LogP) is -2.93. The van der Waals surface area contributed by atoms with Gasteiger partial charge in [-0.1, -0.05) is 0 Å². The third kappa shape index (κ3) is 2.52. The monoisotopic (exact) mass is 332 g/mol. The predicted molar refractivity (Wildman–Crippen MR) is 76.4 cm³/mol. The van der Waals surface area contributed by atoms with Gasteiger partial charge in [-0.3, -0.25) is 4.79 Å². The molecule has 0 radical (unpaired) electrons. The quantitative estimate of drug-likeness (QED) is 0.361. The van der Waals surface area contributed by atoms with Crippen LogP contribution in [0, 0.1) is 0 Å². The third-order valence-corrected chi connectivity index (χ3v) is 4.93. The third-order valence-electron chi connectivity index (χ3n) is 4.93. The highest BCUT2D eigenvalue weighted by Crippen LogP contribution is 2.40. The van der Waals surface area contributed by atoms with E-state index in [0.29, 0.717) is 0 Å². The fourth-order valence-corrected chi connectivity index (χ4v) is 3.68. The molecule has 2 heterocycles. The van der Waals surface area contributed by atoms with Crippen molar-refractivity contribution in [1.29, 1.82) is 0 Å². The smallest absolute Gasteiger partial charge is 0.280 e. The Kier molecular flexibility index (Phi) is 4.49. The summed E-state index contributed by atoms with van der Waals surface area (Å²) in [4.78, 5) is 12.2. The van der Waals surface area contributed by atoms with Crippen LogP contribution in [0.25, 0.3) is 0 Å². The first-order chi connectivity index (χ1) is 10.8. The maximum atomic E-state index is 12.2. The number of fused-ring (bicyclic) bond motifs is 2. The van der Waals surface area contributed by atoms with Crippen molar-refractivity contribution in [3.8, 4) is 0 Å². The molecule has 132 valence electrons. The van der Waals surface area contributed by atoms with Gasteiger partial charge in [0.1, 0.15) is 18.3 Å². The van der Waals surface area contributed by atoms with Crippen LogP contribution in [0.2, 0.25) is 0 Å². The van der Waals surface area contributed by atoms with Gasteiger partial charge in [0.05, 0.1) is 24.3 Å². The normalized spacial score (nSPS) is 53.6. The van der Waals surface area contributed by atoms with Gasteiger partial charge in [0.25, 0.3) is 5.79 Å². The zero-order valence-electron chi connectivity index (χ0n) is 13.3. The number of carbonyl (C=O) groups excluding carboxylic acids is 1. The van der Waals surface area contributed by atoms with Crippen LogP contribution in [0.5, 0.6) is 0 Å². The Balaban J connectivity index is 1.92. The number of ketones is 1. The number of nitrogens with one attached hydrogen (secondary N) is 2. The molecule has 9 atom stereocenters. The molecule has 0 aromatic carbocycles. The van der Waals surface area contributed by atoms with Crippen LogP contribution in [-0.4, -0.2) is 89.9 Å². The summed E-state index contributed by atoms with van der Waals surface area (Å²) in [5, 5.41) is 37.2. The van der Waals surface area contributed by atoms with Gasteiger partial charge in [-0.15, -0.1) is 0 Å². The molecule has 23 heavy (non-hydrogen) atoms. The molecule has 1 saturated carbocycles. The van der Waals surface area contributed by atoms with Crippen LogP contribution < -0.4 is 10.6 Å². The molecule has 2 aliphatic heterocycles. The van der Waals surface area contributed by atoms with Gasteiger partial charge in [0, 0.05) is 6.42 Å². The van der Waals surface area contributed by atoms with E-state index in [0.717, 1.165) is 0 Å². The Morgan fingerprint density at radius 2 is 1.74 bits per heavy atom. The molecule has 3 fully saturated rings. The summed E-state index contributed by atoms with van der Waals surface area (Å²) in [6.45, 7) is 1.70. The largest absolute Gasteiger partial charge is 0.390 e. The highest BCUT2D eigenvalue weighted by Gasteiger charge is 2.63. The molecule has 1 aliphatic carbocycles. The first-order valence-electron chi connectivity index (χ1n) is 7.78. The first kappa shape index (κ1) is 17.2. The minimum absolute atomic E-state index is 0.00220. The molecule has 0 bridgehead atoms. The number of Topliss-reactive ketones (excluding diaryl/α,β-unsaturated/α-hetero) is 1. The molecule has 0 aromatic rings. The number of rotatable bonds is 2. The van der Waals surface area contributed by atoms with Gasteiger partial charge in [-0.2, -0.15) is 0 Å². The minimum atomic E-state index is -2.23. The molecule has 2 saturated heterocycles. The van der Waals surface area contributed by atoms with Crippen LogP contribution in [0.4, 0.5) is 0 Å². The van der Waals surface area contributed by atoms with Gasteiger partial charge in [-0.05, 0) is 21.0 Å². The van der Waals surface area contributed by atoms with Crippen LogP contribution in [0.15, 0.2) is 0 Å².